The number of H-pyrrole nitrogens is 3. The Labute approximate surface area is 547 Å². The average Bonchev–Trinajstić information content (AvgIpc) is 1.67. The molecule has 0 saturated heterocycles. The molecule has 0 aliphatic heterocycles. The molecular formula is C74H69N21. The summed E-state index contributed by atoms with van der Waals surface area (Å²) < 4.78 is 5.42. The van der Waals surface area contributed by atoms with Gasteiger partial charge >= 0.3 is 0 Å². The molecule has 0 amide bonds. The van der Waals surface area contributed by atoms with Crippen molar-refractivity contribution >= 4 is 34.0 Å². The van der Waals surface area contributed by atoms with E-state index in [4.69, 9.17) is 50.1 Å². The zero-order chi connectivity index (χ0) is 64.8. The fourth-order valence-electron chi connectivity index (χ4n) is 12.1. The molecule has 0 aliphatic rings. The Morgan fingerprint density at radius 3 is 1.46 bits per heavy atom. The number of nitrogens with zero attached hydrogens (tertiary/aromatic N) is 15. The number of hydrogen-bond donors (Lipinski definition) is 6. The summed E-state index contributed by atoms with van der Waals surface area (Å²) in [7, 11) is 0. The van der Waals surface area contributed by atoms with E-state index in [9.17, 15) is 0 Å². The lowest BCUT2D eigenvalue weighted by atomic mass is 9.98. The first-order valence-electron chi connectivity index (χ1n) is 32.0. The quantitative estimate of drug-likeness (QED) is 0.0415. The van der Waals surface area contributed by atoms with Crippen LogP contribution >= 0.6 is 0 Å². The van der Waals surface area contributed by atoms with E-state index in [-0.39, 0.29) is 5.92 Å². The third kappa shape index (κ3) is 12.1. The van der Waals surface area contributed by atoms with Gasteiger partial charge in [0.05, 0.1) is 70.9 Å². The summed E-state index contributed by atoms with van der Waals surface area (Å²) in [5.74, 6) is 4.15. The predicted molar refractivity (Wildman–Crippen MR) is 372 cm³/mol. The molecule has 0 aliphatic carbocycles. The van der Waals surface area contributed by atoms with Gasteiger partial charge in [0.15, 0.2) is 28.6 Å². The summed E-state index contributed by atoms with van der Waals surface area (Å²) in [6.07, 6.45) is 8.24. The number of fused-ring (bicyclic) bond motifs is 3. The fraction of sp³-hybridized carbons (Fsp3) is 0.189. The van der Waals surface area contributed by atoms with Gasteiger partial charge in [-0.1, -0.05) is 65.0 Å². The van der Waals surface area contributed by atoms with Gasteiger partial charge < -0.3 is 30.9 Å². The highest BCUT2D eigenvalue weighted by Crippen LogP contribution is 2.36. The second-order valence-corrected chi connectivity index (χ2v) is 24.5. The molecule has 6 N–H and O–H groups in total. The largest absolute Gasteiger partial charge is 0.378 e. The van der Waals surface area contributed by atoms with Crippen LogP contribution in [-0.2, 0) is 26.1 Å². The first kappa shape index (κ1) is 59.3. The molecule has 95 heavy (non-hydrogen) atoms. The Kier molecular flexibility index (Phi) is 15.5. The van der Waals surface area contributed by atoms with Crippen molar-refractivity contribution in [2.45, 2.75) is 93.3 Å². The van der Waals surface area contributed by atoms with E-state index >= 15 is 0 Å². The van der Waals surface area contributed by atoms with Crippen LogP contribution in [0.5, 0.6) is 0 Å². The Hall–Kier alpha value is -12.0. The molecule has 0 fully saturated rings. The minimum Gasteiger partial charge on any atom is -0.378 e. The molecule has 0 saturated carbocycles. The van der Waals surface area contributed by atoms with E-state index in [0.717, 1.165) is 160 Å². The lowest BCUT2D eigenvalue weighted by molar-refractivity contribution is 0.862. The molecule has 12 aromatic heterocycles. The van der Waals surface area contributed by atoms with Gasteiger partial charge in [-0.3, -0.25) is 15.0 Å². The molecule has 0 bridgehead atoms. The van der Waals surface area contributed by atoms with Gasteiger partial charge in [-0.15, -0.1) is 10.2 Å². The summed E-state index contributed by atoms with van der Waals surface area (Å²) in [5, 5.41) is 25.4. The molecule has 0 radical (unpaired) electrons. The molecule has 21 nitrogen and oxygen atoms in total. The summed E-state index contributed by atoms with van der Waals surface area (Å²) >= 11 is 0. The molecule has 0 spiro atoms. The van der Waals surface area contributed by atoms with E-state index in [1.807, 2.05) is 133 Å². The highest BCUT2D eigenvalue weighted by atomic mass is 15.3. The number of nitrogens with one attached hydrogen (secondary N) is 6. The molecule has 15 aromatic rings. The number of aromatic amines is 3. The number of aromatic nitrogens is 18. The highest BCUT2D eigenvalue weighted by molar-refractivity contribution is 5.80. The SMILES string of the molecule is CCc1cc(NCc2nc(-c3ccc4ncnn4c3)c(-c3cccc(C)n3)[nH]2)ccc1-c1nc2ccc(-c3nc(CNc4ccc(-c5nc6ccc(-c7nc(CNc8cccc(C(C)C)c8)[nH]c7-c7cccc(C)n7)cn6n5)cc4C(C)C)[nH]c3-c3cccc(C)n3)cn2n1. The van der Waals surface area contributed by atoms with E-state index < -0.39 is 0 Å². The van der Waals surface area contributed by atoms with Crippen molar-refractivity contribution in [3.05, 3.63) is 228 Å². The van der Waals surface area contributed by atoms with Crippen molar-refractivity contribution in [1.29, 1.82) is 0 Å². The first-order valence-corrected chi connectivity index (χ1v) is 32.0. The van der Waals surface area contributed by atoms with Crippen LogP contribution in [0.2, 0.25) is 0 Å². The van der Waals surface area contributed by atoms with Gasteiger partial charge in [0.2, 0.25) is 0 Å². The first-order chi connectivity index (χ1) is 46.3. The van der Waals surface area contributed by atoms with E-state index in [0.29, 0.717) is 42.8 Å². The zero-order valence-corrected chi connectivity index (χ0v) is 53.9. The summed E-state index contributed by atoms with van der Waals surface area (Å²) in [5.41, 5.74) is 23.1. The van der Waals surface area contributed by atoms with Crippen LogP contribution in [0.15, 0.2) is 177 Å². The van der Waals surface area contributed by atoms with Gasteiger partial charge in [-0.25, -0.2) is 43.5 Å². The summed E-state index contributed by atoms with van der Waals surface area (Å²) in [6.45, 7) is 18.3. The number of aryl methyl sites for hydroxylation is 4. The number of pyridine rings is 6. The lowest BCUT2D eigenvalue weighted by Crippen LogP contribution is -2.05. The third-order valence-corrected chi connectivity index (χ3v) is 17.0. The fourth-order valence-corrected chi connectivity index (χ4v) is 12.1. The molecular weight excluding hydrogens is 1180 g/mol. The van der Waals surface area contributed by atoms with Gasteiger partial charge in [0.25, 0.3) is 0 Å². The van der Waals surface area contributed by atoms with Gasteiger partial charge in [0, 0.05) is 80.6 Å². The van der Waals surface area contributed by atoms with Crippen molar-refractivity contribution in [2.75, 3.05) is 16.0 Å². The zero-order valence-electron chi connectivity index (χ0n) is 53.9. The molecule has 21 heteroatoms. The Morgan fingerprint density at radius 1 is 0.432 bits per heavy atom. The molecule has 0 unspecified atom stereocenters. The van der Waals surface area contributed by atoms with Crippen molar-refractivity contribution < 1.29 is 0 Å². The lowest BCUT2D eigenvalue weighted by Gasteiger charge is -2.15. The van der Waals surface area contributed by atoms with Gasteiger partial charge in [-0.05, 0) is 177 Å². The van der Waals surface area contributed by atoms with Gasteiger partial charge in [-0.2, -0.15) is 5.10 Å². The van der Waals surface area contributed by atoms with Crippen molar-refractivity contribution in [3.8, 4) is 90.7 Å². The van der Waals surface area contributed by atoms with Crippen LogP contribution < -0.4 is 16.0 Å². The monoisotopic (exact) mass is 1250 g/mol. The molecule has 12 heterocycles. The van der Waals surface area contributed by atoms with E-state index in [2.05, 4.69) is 142 Å². The number of benzene rings is 3. The third-order valence-electron chi connectivity index (χ3n) is 17.0. The van der Waals surface area contributed by atoms with Crippen molar-refractivity contribution in [3.63, 3.8) is 0 Å². The van der Waals surface area contributed by atoms with E-state index in [1.165, 1.54) is 5.56 Å². The average molecular weight is 1250 g/mol. The minimum atomic E-state index is 0.173. The van der Waals surface area contributed by atoms with Crippen LogP contribution in [0.3, 0.4) is 0 Å². The number of anilines is 3. The molecule has 3 aromatic carbocycles. The van der Waals surface area contributed by atoms with Crippen LogP contribution in [0.25, 0.3) is 108 Å². The summed E-state index contributed by atoms with van der Waals surface area (Å²) in [4.78, 5) is 55.4. The predicted octanol–water partition coefficient (Wildman–Crippen LogP) is 15.1. The maximum Gasteiger partial charge on any atom is 0.182 e. The Bertz CT molecular complexity index is 5340. The Morgan fingerprint density at radius 2 is 0.926 bits per heavy atom. The van der Waals surface area contributed by atoms with E-state index in [1.54, 1.807) is 10.8 Å². The van der Waals surface area contributed by atoms with Crippen LogP contribution in [0.4, 0.5) is 17.1 Å². The van der Waals surface area contributed by atoms with Crippen LogP contribution in [0.1, 0.15) is 97.7 Å². The standard InChI is InChI=1S/C74H69N21/c1-9-47-32-54(76-36-62-83-67(50-23-29-64-78-41-79-93(64)38-50)70(87-62)58-19-10-14-44(6)80-58)26-27-55(47)74-90-66-31-25-52(40-95(66)92-74)69-72(60-21-12-16-46(8)82-60)88-63(85-69)37-77-57-28-22-49(34-56(57)43(4)5)73-89-65-30-24-51(39-94(65)91-73)68-71(59-20-11-15-45(7)81-59)86-61(84-68)35-75-53-18-13-17-48(33-53)42(2)3/h10-34,38-43,75-77H,9,35-37H2,1-8H3,(H,83,87)(H,84,86)(H,85,88). The number of imidazole rings is 3. The molecule has 470 valence electrons. The Balaban J connectivity index is 0.666. The normalized spacial score (nSPS) is 11.7. The smallest absolute Gasteiger partial charge is 0.182 e. The highest BCUT2D eigenvalue weighted by Gasteiger charge is 2.23. The second-order valence-electron chi connectivity index (χ2n) is 24.5. The van der Waals surface area contributed by atoms with Crippen LogP contribution in [-0.4, -0.2) is 88.6 Å². The second kappa shape index (κ2) is 24.9. The molecule has 0 atom stereocenters. The summed E-state index contributed by atoms with van der Waals surface area (Å²) in [6, 6.07) is 51.3. The maximum absolute atomic E-state index is 5.27. The maximum atomic E-state index is 5.27. The topological polar surface area (TPSA) is 251 Å². The van der Waals surface area contributed by atoms with Crippen LogP contribution in [0, 0.1) is 20.8 Å². The number of hydrogen-bond acceptors (Lipinski definition) is 15. The van der Waals surface area contributed by atoms with Gasteiger partial charge in [0.1, 0.15) is 23.8 Å². The van der Waals surface area contributed by atoms with Crippen molar-refractivity contribution in [1.82, 2.24) is 88.6 Å². The number of rotatable bonds is 20. The molecule has 15 rings (SSSR count). The van der Waals surface area contributed by atoms with Crippen molar-refractivity contribution in [2.24, 2.45) is 0 Å². The minimum absolute atomic E-state index is 0.173.